The molecule has 0 unspecified atom stereocenters. The number of amides is 2. The normalized spacial score (nSPS) is 29.9. The molecule has 1 aromatic carbocycles. The van der Waals surface area contributed by atoms with Crippen LogP contribution in [0.25, 0.3) is 0 Å². The Labute approximate surface area is 176 Å². The summed E-state index contributed by atoms with van der Waals surface area (Å²) in [5, 5.41) is 15.9. The summed E-state index contributed by atoms with van der Waals surface area (Å²) < 4.78 is 12.1. The molecule has 0 aromatic heterocycles. The monoisotopic (exact) mass is 414 g/mol. The van der Waals surface area contributed by atoms with E-state index in [1.54, 1.807) is 0 Å². The zero-order valence-electron chi connectivity index (χ0n) is 17.1. The Bertz CT molecular complexity index is 820. The number of ether oxygens (including phenoxy) is 2. The number of rotatable bonds is 7. The molecule has 4 aliphatic rings. The second kappa shape index (κ2) is 8.19. The number of carbonyl (C=O) groups excluding carboxylic acids is 2. The van der Waals surface area contributed by atoms with Crippen LogP contribution in [0.4, 0.5) is 5.69 Å². The second-order valence-corrected chi connectivity index (χ2v) is 9.23. The van der Waals surface area contributed by atoms with Crippen molar-refractivity contribution in [2.45, 2.75) is 69.2 Å². The molecule has 2 heterocycles. The molecule has 0 radical (unpaired) electrons. The Kier molecular flexibility index (Phi) is 5.41. The zero-order valence-corrected chi connectivity index (χ0v) is 17.1. The summed E-state index contributed by atoms with van der Waals surface area (Å²) in [4.78, 5) is 24.6. The van der Waals surface area contributed by atoms with Gasteiger partial charge in [0.05, 0.1) is 19.1 Å². The van der Waals surface area contributed by atoms with Gasteiger partial charge in [-0.25, -0.2) is 0 Å². The van der Waals surface area contributed by atoms with Crippen molar-refractivity contribution in [2.75, 3.05) is 18.5 Å². The van der Waals surface area contributed by atoms with Crippen molar-refractivity contribution < 1.29 is 24.2 Å². The fourth-order valence-corrected chi connectivity index (χ4v) is 4.74. The molecular weight excluding hydrogens is 384 g/mol. The topological polar surface area (TPSA) is 96.9 Å². The summed E-state index contributed by atoms with van der Waals surface area (Å²) in [6, 6.07) is 5.74. The first kappa shape index (κ1) is 19.8. The number of aliphatic hydroxyl groups excluding tert-OH is 1. The van der Waals surface area contributed by atoms with Crippen LogP contribution in [0.3, 0.4) is 0 Å². The lowest BCUT2D eigenvalue weighted by atomic mass is 9.83. The average Bonchev–Trinajstić information content (AvgIpc) is 3.45. The molecule has 2 amide bonds. The van der Waals surface area contributed by atoms with Gasteiger partial charge < -0.3 is 25.2 Å². The second-order valence-electron chi connectivity index (χ2n) is 9.23. The van der Waals surface area contributed by atoms with Crippen LogP contribution in [-0.4, -0.2) is 48.4 Å². The highest BCUT2D eigenvalue weighted by Crippen LogP contribution is 2.47. The third-order valence-corrected chi connectivity index (χ3v) is 6.94. The largest absolute Gasteiger partial charge is 0.487 e. The molecule has 1 saturated heterocycles. The summed E-state index contributed by atoms with van der Waals surface area (Å²) in [6.07, 6.45) is 5.40. The van der Waals surface area contributed by atoms with Crippen molar-refractivity contribution in [1.82, 2.24) is 5.32 Å². The SMILES string of the molecule is O=C(C[C@@H]1C[C@@H]2c3cc(NC(=O)C4CCC4)ccc3O[C@@H]2[C@@H](CO)O1)NCC1CC1. The van der Waals surface area contributed by atoms with Gasteiger partial charge in [-0.15, -0.1) is 0 Å². The molecule has 2 aliphatic carbocycles. The van der Waals surface area contributed by atoms with Crippen LogP contribution in [0.15, 0.2) is 18.2 Å². The van der Waals surface area contributed by atoms with Gasteiger partial charge in [0.25, 0.3) is 0 Å². The maximum Gasteiger partial charge on any atom is 0.227 e. The van der Waals surface area contributed by atoms with Crippen molar-refractivity contribution in [1.29, 1.82) is 0 Å². The van der Waals surface area contributed by atoms with Crippen LogP contribution in [-0.2, 0) is 14.3 Å². The first-order valence-corrected chi connectivity index (χ1v) is 11.2. The average molecular weight is 415 g/mol. The van der Waals surface area contributed by atoms with E-state index < -0.39 is 6.10 Å². The molecule has 2 aliphatic heterocycles. The molecule has 3 fully saturated rings. The van der Waals surface area contributed by atoms with Crippen molar-refractivity contribution >= 4 is 17.5 Å². The van der Waals surface area contributed by atoms with E-state index in [1.165, 1.54) is 12.8 Å². The van der Waals surface area contributed by atoms with E-state index in [0.717, 1.165) is 42.8 Å². The van der Waals surface area contributed by atoms with Crippen LogP contribution in [0.5, 0.6) is 5.75 Å². The Hall–Kier alpha value is -2.12. The highest BCUT2D eigenvalue weighted by Gasteiger charge is 2.46. The van der Waals surface area contributed by atoms with Crippen LogP contribution in [0.2, 0.25) is 0 Å². The molecule has 30 heavy (non-hydrogen) atoms. The van der Waals surface area contributed by atoms with Gasteiger partial charge in [-0.1, -0.05) is 6.42 Å². The Morgan fingerprint density at radius 1 is 1.17 bits per heavy atom. The maximum atomic E-state index is 12.3. The number of nitrogens with one attached hydrogen (secondary N) is 2. The van der Waals surface area contributed by atoms with Gasteiger partial charge >= 0.3 is 0 Å². The van der Waals surface area contributed by atoms with E-state index >= 15 is 0 Å². The minimum Gasteiger partial charge on any atom is -0.487 e. The molecule has 3 N–H and O–H groups in total. The lowest BCUT2D eigenvalue weighted by Gasteiger charge is -2.37. The number of hydrogen-bond acceptors (Lipinski definition) is 5. The predicted molar refractivity (Wildman–Crippen MR) is 110 cm³/mol. The number of fused-ring (bicyclic) bond motifs is 3. The quantitative estimate of drug-likeness (QED) is 0.636. The molecular formula is C23H30N2O5. The summed E-state index contributed by atoms with van der Waals surface area (Å²) in [7, 11) is 0. The third kappa shape index (κ3) is 4.05. The lowest BCUT2D eigenvalue weighted by Crippen LogP contribution is -2.47. The van der Waals surface area contributed by atoms with Crippen LogP contribution < -0.4 is 15.4 Å². The van der Waals surface area contributed by atoms with Gasteiger partial charge in [0.1, 0.15) is 18.0 Å². The fraction of sp³-hybridized carbons (Fsp3) is 0.652. The maximum absolute atomic E-state index is 12.3. The van der Waals surface area contributed by atoms with Gasteiger partial charge in [-0.3, -0.25) is 9.59 Å². The predicted octanol–water partition coefficient (Wildman–Crippen LogP) is 2.34. The minimum absolute atomic E-state index is 0.00249. The van der Waals surface area contributed by atoms with Gasteiger partial charge in [0.15, 0.2) is 0 Å². The minimum atomic E-state index is -0.467. The van der Waals surface area contributed by atoms with Crippen molar-refractivity contribution in [2.24, 2.45) is 11.8 Å². The molecule has 7 nitrogen and oxygen atoms in total. The first-order valence-electron chi connectivity index (χ1n) is 11.2. The summed E-state index contributed by atoms with van der Waals surface area (Å²) in [5.74, 6) is 1.66. The molecule has 4 atom stereocenters. The molecule has 7 heteroatoms. The smallest absolute Gasteiger partial charge is 0.227 e. The standard InChI is InChI=1S/C23H30N2O5/c26-12-20-22-18(9-16(29-20)10-21(27)24-11-13-4-5-13)17-8-15(6-7-19(17)30-22)25-23(28)14-2-1-3-14/h6-8,13-14,16,18,20,22,26H,1-5,9-12H2,(H,24,27)(H,25,28)/t16-,18+,20+,22-/m0/s1. The molecule has 0 bridgehead atoms. The highest BCUT2D eigenvalue weighted by atomic mass is 16.6. The Morgan fingerprint density at radius 3 is 2.70 bits per heavy atom. The Morgan fingerprint density at radius 2 is 2.00 bits per heavy atom. The van der Waals surface area contributed by atoms with Crippen molar-refractivity contribution in [3.63, 3.8) is 0 Å². The van der Waals surface area contributed by atoms with Crippen LogP contribution in [0, 0.1) is 11.8 Å². The van der Waals surface area contributed by atoms with E-state index in [0.29, 0.717) is 18.8 Å². The number of carbonyl (C=O) groups is 2. The fourth-order valence-electron chi connectivity index (χ4n) is 4.74. The zero-order chi connectivity index (χ0) is 20.7. The highest BCUT2D eigenvalue weighted by molar-refractivity contribution is 5.93. The summed E-state index contributed by atoms with van der Waals surface area (Å²) in [6.45, 7) is 0.595. The van der Waals surface area contributed by atoms with E-state index in [9.17, 15) is 14.7 Å². The van der Waals surface area contributed by atoms with E-state index in [4.69, 9.17) is 9.47 Å². The van der Waals surface area contributed by atoms with Gasteiger partial charge in [0, 0.05) is 29.6 Å². The summed E-state index contributed by atoms with van der Waals surface area (Å²) in [5.41, 5.74) is 1.80. The van der Waals surface area contributed by atoms with Crippen molar-refractivity contribution in [3.05, 3.63) is 23.8 Å². The lowest BCUT2D eigenvalue weighted by molar-refractivity contribution is -0.142. The van der Waals surface area contributed by atoms with Crippen LogP contribution >= 0.6 is 0 Å². The molecule has 5 rings (SSSR count). The molecule has 1 aromatic rings. The van der Waals surface area contributed by atoms with Gasteiger partial charge in [-0.05, 0) is 56.2 Å². The molecule has 0 spiro atoms. The summed E-state index contributed by atoms with van der Waals surface area (Å²) >= 11 is 0. The van der Waals surface area contributed by atoms with E-state index in [1.807, 2.05) is 18.2 Å². The number of hydrogen-bond donors (Lipinski definition) is 3. The number of anilines is 1. The third-order valence-electron chi connectivity index (χ3n) is 6.94. The van der Waals surface area contributed by atoms with E-state index in [2.05, 4.69) is 10.6 Å². The first-order chi connectivity index (χ1) is 14.6. The Balaban J connectivity index is 1.27. The van der Waals surface area contributed by atoms with Gasteiger partial charge in [0.2, 0.25) is 11.8 Å². The van der Waals surface area contributed by atoms with Crippen LogP contribution in [0.1, 0.15) is 56.4 Å². The number of aliphatic hydroxyl groups is 1. The molecule has 2 saturated carbocycles. The van der Waals surface area contributed by atoms with Gasteiger partial charge in [-0.2, -0.15) is 0 Å². The van der Waals surface area contributed by atoms with E-state index in [-0.39, 0.29) is 42.5 Å². The van der Waals surface area contributed by atoms with Crippen molar-refractivity contribution in [3.8, 4) is 5.75 Å². The molecule has 162 valence electrons. The number of benzene rings is 1.